The summed E-state index contributed by atoms with van der Waals surface area (Å²) in [7, 11) is 3.97. The zero-order chi connectivity index (χ0) is 17.5. The van der Waals surface area contributed by atoms with Gasteiger partial charge >= 0.3 is 5.97 Å². The van der Waals surface area contributed by atoms with Crippen LogP contribution >= 0.6 is 0 Å². The first-order valence-corrected chi connectivity index (χ1v) is 7.81. The van der Waals surface area contributed by atoms with Crippen molar-refractivity contribution in [1.29, 1.82) is 0 Å². The second kappa shape index (κ2) is 8.26. The number of amides is 1. The molecule has 0 aliphatic heterocycles. The Labute approximate surface area is 141 Å². The van der Waals surface area contributed by atoms with E-state index in [1.54, 1.807) is 12.1 Å². The van der Waals surface area contributed by atoms with E-state index in [1.807, 2.05) is 44.4 Å². The van der Waals surface area contributed by atoms with Crippen molar-refractivity contribution < 1.29 is 14.7 Å². The normalized spacial score (nSPS) is 12.0. The summed E-state index contributed by atoms with van der Waals surface area (Å²) < 4.78 is 0. The molecule has 2 N–H and O–H groups in total. The molecule has 0 saturated carbocycles. The molecular formula is C19H22N2O3. The first-order chi connectivity index (χ1) is 11.5. The summed E-state index contributed by atoms with van der Waals surface area (Å²) in [6, 6.07) is 15.7. The van der Waals surface area contributed by atoms with Crippen LogP contribution < -0.4 is 5.32 Å². The van der Waals surface area contributed by atoms with E-state index in [0.717, 1.165) is 18.5 Å². The van der Waals surface area contributed by atoms with Crippen LogP contribution in [0.15, 0.2) is 54.6 Å². The van der Waals surface area contributed by atoms with Crippen LogP contribution in [0.1, 0.15) is 38.7 Å². The van der Waals surface area contributed by atoms with Gasteiger partial charge in [-0.3, -0.25) is 4.79 Å². The third-order valence-electron chi connectivity index (χ3n) is 3.74. The molecule has 1 atom stereocenters. The molecule has 0 aliphatic rings. The van der Waals surface area contributed by atoms with Gasteiger partial charge in [0.05, 0.1) is 11.6 Å². The monoisotopic (exact) mass is 326 g/mol. The molecule has 0 spiro atoms. The molecule has 126 valence electrons. The number of aromatic carboxylic acids is 1. The fraction of sp³-hybridized carbons (Fsp3) is 0.263. The SMILES string of the molecule is CN(C)CC[C@@H](NC(=O)c1cccc(C(=O)O)c1)c1ccccc1. The lowest BCUT2D eigenvalue weighted by Crippen LogP contribution is -2.31. The fourth-order valence-corrected chi connectivity index (χ4v) is 2.43. The van der Waals surface area contributed by atoms with Crippen LogP contribution in [0, 0.1) is 0 Å². The first kappa shape index (κ1) is 17.7. The molecule has 0 radical (unpaired) electrons. The van der Waals surface area contributed by atoms with E-state index in [2.05, 4.69) is 10.2 Å². The highest BCUT2D eigenvalue weighted by atomic mass is 16.4. The van der Waals surface area contributed by atoms with Crippen molar-refractivity contribution >= 4 is 11.9 Å². The van der Waals surface area contributed by atoms with Crippen molar-refractivity contribution in [2.45, 2.75) is 12.5 Å². The minimum Gasteiger partial charge on any atom is -0.478 e. The highest BCUT2D eigenvalue weighted by molar-refractivity contribution is 5.97. The van der Waals surface area contributed by atoms with Crippen LogP contribution in [-0.2, 0) is 0 Å². The van der Waals surface area contributed by atoms with Crippen molar-refractivity contribution in [3.8, 4) is 0 Å². The van der Waals surface area contributed by atoms with E-state index in [9.17, 15) is 9.59 Å². The van der Waals surface area contributed by atoms with Gasteiger partial charge in [-0.25, -0.2) is 4.79 Å². The second-order valence-corrected chi connectivity index (χ2v) is 5.91. The maximum Gasteiger partial charge on any atom is 0.335 e. The van der Waals surface area contributed by atoms with Gasteiger partial charge in [0, 0.05) is 5.56 Å². The molecule has 24 heavy (non-hydrogen) atoms. The molecule has 5 nitrogen and oxygen atoms in total. The number of carbonyl (C=O) groups is 2. The quantitative estimate of drug-likeness (QED) is 0.821. The predicted molar refractivity (Wildman–Crippen MR) is 93.2 cm³/mol. The average Bonchev–Trinajstić information content (AvgIpc) is 2.59. The van der Waals surface area contributed by atoms with Crippen molar-refractivity contribution in [3.05, 3.63) is 71.3 Å². The van der Waals surface area contributed by atoms with E-state index < -0.39 is 5.97 Å². The molecule has 0 saturated heterocycles. The van der Waals surface area contributed by atoms with E-state index in [-0.39, 0.29) is 17.5 Å². The Hall–Kier alpha value is -2.66. The third kappa shape index (κ3) is 4.93. The van der Waals surface area contributed by atoms with Crippen LogP contribution in [0.3, 0.4) is 0 Å². The maximum absolute atomic E-state index is 12.5. The van der Waals surface area contributed by atoms with Gasteiger partial charge < -0.3 is 15.3 Å². The Balaban J connectivity index is 2.17. The Morgan fingerprint density at radius 1 is 1.04 bits per heavy atom. The number of hydrogen-bond acceptors (Lipinski definition) is 3. The number of carboxylic acid groups (broad SMARTS) is 1. The highest BCUT2D eigenvalue weighted by Crippen LogP contribution is 2.18. The molecule has 0 aromatic heterocycles. The smallest absolute Gasteiger partial charge is 0.335 e. The van der Waals surface area contributed by atoms with Gasteiger partial charge in [0.2, 0.25) is 0 Å². The van der Waals surface area contributed by atoms with Gasteiger partial charge in [-0.15, -0.1) is 0 Å². The standard InChI is InChI=1S/C19H22N2O3/c1-21(2)12-11-17(14-7-4-3-5-8-14)20-18(22)15-9-6-10-16(13-15)19(23)24/h3-10,13,17H,11-12H2,1-2H3,(H,20,22)(H,23,24)/t17-/m1/s1. The largest absolute Gasteiger partial charge is 0.478 e. The Morgan fingerprint density at radius 3 is 2.33 bits per heavy atom. The summed E-state index contributed by atoms with van der Waals surface area (Å²) in [5.41, 5.74) is 1.48. The molecule has 0 aliphatic carbocycles. The van der Waals surface area contributed by atoms with Crippen LogP contribution in [0.2, 0.25) is 0 Å². The molecule has 5 heteroatoms. The Bertz CT molecular complexity index is 699. The highest BCUT2D eigenvalue weighted by Gasteiger charge is 2.17. The fourth-order valence-electron chi connectivity index (χ4n) is 2.43. The van der Waals surface area contributed by atoms with Crippen molar-refractivity contribution in [2.75, 3.05) is 20.6 Å². The summed E-state index contributed by atoms with van der Waals surface area (Å²) in [5, 5.41) is 12.1. The van der Waals surface area contributed by atoms with Crippen LogP contribution in [0.5, 0.6) is 0 Å². The topological polar surface area (TPSA) is 69.6 Å². The molecule has 0 unspecified atom stereocenters. The molecule has 0 bridgehead atoms. The van der Waals surface area contributed by atoms with Gasteiger partial charge in [-0.1, -0.05) is 36.4 Å². The summed E-state index contributed by atoms with van der Waals surface area (Å²) in [6.45, 7) is 0.828. The van der Waals surface area contributed by atoms with Gasteiger partial charge in [0.25, 0.3) is 5.91 Å². The number of nitrogens with one attached hydrogen (secondary N) is 1. The van der Waals surface area contributed by atoms with Gasteiger partial charge in [-0.05, 0) is 50.8 Å². The first-order valence-electron chi connectivity index (χ1n) is 7.81. The van der Waals surface area contributed by atoms with Gasteiger partial charge in [0.1, 0.15) is 0 Å². The maximum atomic E-state index is 12.5. The van der Waals surface area contributed by atoms with Crippen molar-refractivity contribution in [2.24, 2.45) is 0 Å². The summed E-state index contributed by atoms with van der Waals surface area (Å²) >= 11 is 0. The number of nitrogens with zero attached hydrogens (tertiary/aromatic N) is 1. The van der Waals surface area contributed by atoms with Crippen LogP contribution in [0.25, 0.3) is 0 Å². The summed E-state index contributed by atoms with van der Waals surface area (Å²) in [6.07, 6.45) is 0.765. The van der Waals surface area contributed by atoms with E-state index in [4.69, 9.17) is 5.11 Å². The molecule has 0 heterocycles. The number of carbonyl (C=O) groups excluding carboxylic acids is 1. The molecule has 2 rings (SSSR count). The van der Waals surface area contributed by atoms with Crippen molar-refractivity contribution in [3.63, 3.8) is 0 Å². The van der Waals surface area contributed by atoms with Gasteiger partial charge in [-0.2, -0.15) is 0 Å². The second-order valence-electron chi connectivity index (χ2n) is 5.91. The minimum absolute atomic E-state index is 0.104. The molecule has 1 amide bonds. The van der Waals surface area contributed by atoms with Crippen LogP contribution in [-0.4, -0.2) is 42.5 Å². The number of rotatable bonds is 7. The van der Waals surface area contributed by atoms with E-state index in [1.165, 1.54) is 12.1 Å². The van der Waals surface area contributed by atoms with E-state index >= 15 is 0 Å². The molecule has 2 aromatic carbocycles. The Morgan fingerprint density at radius 2 is 1.71 bits per heavy atom. The van der Waals surface area contributed by atoms with Crippen LogP contribution in [0.4, 0.5) is 0 Å². The summed E-state index contributed by atoms with van der Waals surface area (Å²) in [4.78, 5) is 25.7. The van der Waals surface area contributed by atoms with E-state index in [0.29, 0.717) is 5.56 Å². The predicted octanol–water partition coefficient (Wildman–Crippen LogP) is 2.81. The summed E-state index contributed by atoms with van der Waals surface area (Å²) in [5.74, 6) is -1.32. The Kier molecular flexibility index (Phi) is 6.09. The van der Waals surface area contributed by atoms with Crippen molar-refractivity contribution in [1.82, 2.24) is 10.2 Å². The average molecular weight is 326 g/mol. The lowest BCUT2D eigenvalue weighted by molar-refractivity contribution is 0.0697. The third-order valence-corrected chi connectivity index (χ3v) is 3.74. The molecule has 0 fully saturated rings. The number of benzene rings is 2. The minimum atomic E-state index is -1.04. The molecule has 2 aromatic rings. The zero-order valence-electron chi connectivity index (χ0n) is 13.9. The van der Waals surface area contributed by atoms with Gasteiger partial charge in [0.15, 0.2) is 0 Å². The molecular weight excluding hydrogens is 304 g/mol. The lowest BCUT2D eigenvalue weighted by atomic mass is 10.0. The zero-order valence-corrected chi connectivity index (χ0v) is 13.9. The lowest BCUT2D eigenvalue weighted by Gasteiger charge is -2.21. The number of carboxylic acids is 1. The number of hydrogen-bond donors (Lipinski definition) is 2.